The van der Waals surface area contributed by atoms with Crippen LogP contribution < -0.4 is 5.32 Å². The number of hydrogen-bond acceptors (Lipinski definition) is 1. The molecule has 1 aromatic rings. The van der Waals surface area contributed by atoms with Crippen molar-refractivity contribution in [3.63, 3.8) is 0 Å². The molecule has 0 saturated carbocycles. The molecule has 2 rings (SSSR count). The maximum Gasteiger partial charge on any atom is 0.270 e. The number of halogens is 3. The van der Waals surface area contributed by atoms with Crippen LogP contribution >= 0.6 is 0 Å². The molecular formula is C12H14F3N. The van der Waals surface area contributed by atoms with Gasteiger partial charge in [0.1, 0.15) is 5.82 Å². The van der Waals surface area contributed by atoms with Gasteiger partial charge in [0.25, 0.3) is 5.92 Å². The van der Waals surface area contributed by atoms with E-state index in [-0.39, 0.29) is 11.6 Å². The molecule has 1 aromatic carbocycles. The summed E-state index contributed by atoms with van der Waals surface area (Å²) in [5.41, 5.74) is 0.231. The van der Waals surface area contributed by atoms with Gasteiger partial charge in [-0.3, -0.25) is 0 Å². The summed E-state index contributed by atoms with van der Waals surface area (Å²) in [5.74, 6) is -3.33. The summed E-state index contributed by atoms with van der Waals surface area (Å²) in [6.45, 7) is 1.64. The van der Waals surface area contributed by atoms with E-state index in [0.29, 0.717) is 5.56 Å². The van der Waals surface area contributed by atoms with Crippen molar-refractivity contribution >= 4 is 0 Å². The van der Waals surface area contributed by atoms with Gasteiger partial charge in [0.2, 0.25) is 0 Å². The highest BCUT2D eigenvalue weighted by Crippen LogP contribution is 2.32. The first kappa shape index (κ1) is 11.5. The number of hydrogen-bond donors (Lipinski definition) is 1. The number of alkyl halides is 2. The van der Waals surface area contributed by atoms with Gasteiger partial charge in [0, 0.05) is 24.1 Å². The molecule has 1 aliphatic rings. The Bertz CT molecular complexity index is 378. The predicted octanol–water partition coefficient (Wildman–Crippen LogP) is 3.36. The fraction of sp³-hybridized carbons (Fsp3) is 0.500. The maximum atomic E-state index is 13.5. The van der Waals surface area contributed by atoms with E-state index in [0.717, 1.165) is 38.4 Å². The zero-order valence-electron chi connectivity index (χ0n) is 9.06. The molecular weight excluding hydrogens is 215 g/mol. The highest BCUT2D eigenvalue weighted by atomic mass is 19.3. The molecule has 0 radical (unpaired) electrons. The quantitative estimate of drug-likeness (QED) is 0.819. The van der Waals surface area contributed by atoms with E-state index in [9.17, 15) is 13.2 Å². The van der Waals surface area contributed by atoms with Crippen molar-refractivity contribution in [1.29, 1.82) is 0 Å². The molecule has 0 aliphatic carbocycles. The lowest BCUT2D eigenvalue weighted by Gasteiger charge is -2.16. The largest absolute Gasteiger partial charge is 0.310 e. The first-order chi connectivity index (χ1) is 7.48. The van der Waals surface area contributed by atoms with Gasteiger partial charge in [-0.1, -0.05) is 6.07 Å². The Morgan fingerprint density at radius 1 is 1.38 bits per heavy atom. The summed E-state index contributed by atoms with van der Waals surface area (Å²) in [5, 5.41) is 3.11. The number of rotatable bonds is 2. The van der Waals surface area contributed by atoms with Crippen molar-refractivity contribution in [3.8, 4) is 0 Å². The molecule has 1 atom stereocenters. The molecule has 1 N–H and O–H groups in total. The van der Waals surface area contributed by atoms with Gasteiger partial charge in [-0.25, -0.2) is 13.2 Å². The van der Waals surface area contributed by atoms with E-state index in [1.54, 1.807) is 0 Å². The van der Waals surface area contributed by atoms with Crippen LogP contribution in [0.2, 0.25) is 0 Å². The van der Waals surface area contributed by atoms with Crippen molar-refractivity contribution in [2.45, 2.75) is 31.7 Å². The highest BCUT2D eigenvalue weighted by Gasteiger charge is 2.27. The maximum absolute atomic E-state index is 13.5. The van der Waals surface area contributed by atoms with Gasteiger partial charge in [0.05, 0.1) is 0 Å². The Kier molecular flexibility index (Phi) is 2.93. The van der Waals surface area contributed by atoms with Crippen LogP contribution in [-0.4, -0.2) is 6.54 Å². The van der Waals surface area contributed by atoms with Gasteiger partial charge >= 0.3 is 0 Å². The Labute approximate surface area is 92.7 Å². The third-order valence-corrected chi connectivity index (χ3v) is 2.94. The molecule has 1 unspecified atom stereocenters. The van der Waals surface area contributed by atoms with E-state index in [1.165, 1.54) is 6.07 Å². The zero-order chi connectivity index (χ0) is 11.8. The van der Waals surface area contributed by atoms with Crippen LogP contribution in [0.3, 0.4) is 0 Å². The minimum absolute atomic E-state index is 0.123. The fourth-order valence-electron chi connectivity index (χ4n) is 2.03. The Balaban J connectivity index is 2.36. The first-order valence-electron chi connectivity index (χ1n) is 5.39. The van der Waals surface area contributed by atoms with Crippen molar-refractivity contribution in [3.05, 3.63) is 35.1 Å². The van der Waals surface area contributed by atoms with E-state index >= 15 is 0 Å². The zero-order valence-corrected chi connectivity index (χ0v) is 9.06. The van der Waals surface area contributed by atoms with Gasteiger partial charge < -0.3 is 5.32 Å². The molecule has 4 heteroatoms. The van der Waals surface area contributed by atoms with Crippen molar-refractivity contribution in [1.82, 2.24) is 5.32 Å². The predicted molar refractivity (Wildman–Crippen MR) is 55.9 cm³/mol. The van der Waals surface area contributed by atoms with Crippen molar-refractivity contribution < 1.29 is 13.2 Å². The standard InChI is InChI=1S/C12H14F3N/c1-12(14,15)8-4-5-10(13)9(7-8)11-3-2-6-16-11/h4-5,7,11,16H,2-3,6H2,1H3. The number of benzene rings is 1. The van der Waals surface area contributed by atoms with E-state index < -0.39 is 11.7 Å². The molecule has 16 heavy (non-hydrogen) atoms. The van der Waals surface area contributed by atoms with Crippen LogP contribution in [0.5, 0.6) is 0 Å². The van der Waals surface area contributed by atoms with Crippen LogP contribution in [0.1, 0.15) is 36.9 Å². The molecule has 1 nitrogen and oxygen atoms in total. The van der Waals surface area contributed by atoms with Gasteiger partial charge in [-0.15, -0.1) is 0 Å². The fourth-order valence-corrected chi connectivity index (χ4v) is 2.03. The van der Waals surface area contributed by atoms with Crippen molar-refractivity contribution in [2.75, 3.05) is 6.54 Å². The van der Waals surface area contributed by atoms with E-state index in [4.69, 9.17) is 0 Å². The molecule has 1 saturated heterocycles. The second-order valence-corrected chi connectivity index (χ2v) is 4.27. The average molecular weight is 229 g/mol. The van der Waals surface area contributed by atoms with Gasteiger partial charge in [-0.05, 0) is 31.5 Å². The molecule has 1 heterocycles. The monoisotopic (exact) mass is 229 g/mol. The second kappa shape index (κ2) is 4.09. The molecule has 0 aromatic heterocycles. The summed E-state index contributed by atoms with van der Waals surface area (Å²) in [6.07, 6.45) is 1.76. The third kappa shape index (κ3) is 2.21. The smallest absolute Gasteiger partial charge is 0.270 e. The second-order valence-electron chi connectivity index (χ2n) is 4.27. The topological polar surface area (TPSA) is 12.0 Å². The molecule has 0 bridgehead atoms. The van der Waals surface area contributed by atoms with Crippen LogP contribution in [0.15, 0.2) is 18.2 Å². The average Bonchev–Trinajstić information content (AvgIpc) is 2.69. The Morgan fingerprint density at radius 3 is 2.69 bits per heavy atom. The Hall–Kier alpha value is -1.03. The lowest BCUT2D eigenvalue weighted by Crippen LogP contribution is -2.16. The van der Waals surface area contributed by atoms with Crippen molar-refractivity contribution in [2.24, 2.45) is 0 Å². The summed E-state index contributed by atoms with van der Waals surface area (Å²) in [7, 11) is 0. The summed E-state index contributed by atoms with van der Waals surface area (Å²) >= 11 is 0. The first-order valence-corrected chi connectivity index (χ1v) is 5.39. The molecule has 88 valence electrons. The van der Waals surface area contributed by atoms with Gasteiger partial charge in [0.15, 0.2) is 0 Å². The molecule has 1 aliphatic heterocycles. The molecule has 1 fully saturated rings. The summed E-state index contributed by atoms with van der Waals surface area (Å²) in [6, 6.07) is 3.43. The summed E-state index contributed by atoms with van der Waals surface area (Å²) < 4.78 is 39.7. The summed E-state index contributed by atoms with van der Waals surface area (Å²) in [4.78, 5) is 0. The van der Waals surface area contributed by atoms with Crippen LogP contribution in [0.25, 0.3) is 0 Å². The minimum Gasteiger partial charge on any atom is -0.310 e. The third-order valence-electron chi connectivity index (χ3n) is 2.94. The molecule has 0 spiro atoms. The SMILES string of the molecule is CC(F)(F)c1ccc(F)c(C2CCCN2)c1. The lowest BCUT2D eigenvalue weighted by atomic mass is 9.99. The highest BCUT2D eigenvalue weighted by molar-refractivity contribution is 5.30. The lowest BCUT2D eigenvalue weighted by molar-refractivity contribution is 0.0173. The van der Waals surface area contributed by atoms with Crippen LogP contribution in [0.4, 0.5) is 13.2 Å². The molecule has 0 amide bonds. The van der Waals surface area contributed by atoms with Crippen LogP contribution in [-0.2, 0) is 5.92 Å². The number of nitrogens with one attached hydrogen (secondary N) is 1. The van der Waals surface area contributed by atoms with E-state index in [2.05, 4.69) is 5.32 Å². The minimum atomic E-state index is -2.92. The van der Waals surface area contributed by atoms with Crippen LogP contribution in [0, 0.1) is 5.82 Å². The van der Waals surface area contributed by atoms with Gasteiger partial charge in [-0.2, -0.15) is 0 Å². The normalized spacial score (nSPS) is 21.4. The van der Waals surface area contributed by atoms with E-state index in [1.807, 2.05) is 0 Å². The Morgan fingerprint density at radius 2 is 2.12 bits per heavy atom.